The molecule has 0 aromatic carbocycles. The maximum Gasteiger partial charge on any atom is 0.337 e. The topological polar surface area (TPSA) is 185 Å². The molecule has 2 aliphatic heterocycles. The van der Waals surface area contributed by atoms with Crippen molar-refractivity contribution < 1.29 is 71.4 Å². The van der Waals surface area contributed by atoms with Gasteiger partial charge in [-0.05, 0) is 12.0 Å². The Bertz CT molecular complexity index is 1140. The fraction of sp³-hybridized carbons (Fsp3) is 0.630. The molecule has 1 fully saturated rings. The van der Waals surface area contributed by atoms with Crippen LogP contribution in [0.3, 0.4) is 0 Å². The standard InChI is InChI=1S/C27H34O15/c1-12(28)35-9-17-7-8-18-19(25(33)34-6)10-37-26(21(17)18)42-27-24(40-16(5)32)23(39-15(4)31)22(38-14(3)30)20(41-27)11-36-13(2)29/h7,10,18,20-24,26-27H,8-9,11H2,1-6H3/t18-,20-,21-,22-,23+,24-,26?,27+/m1/s1. The van der Waals surface area contributed by atoms with Crippen molar-refractivity contribution in [2.75, 3.05) is 20.3 Å². The molecule has 3 aliphatic rings. The van der Waals surface area contributed by atoms with Crippen molar-refractivity contribution in [3.8, 4) is 0 Å². The molecule has 0 amide bonds. The number of hydrogen-bond acceptors (Lipinski definition) is 15. The molecule has 3 rings (SSSR count). The molecule has 1 saturated heterocycles. The van der Waals surface area contributed by atoms with Crippen molar-refractivity contribution in [3.63, 3.8) is 0 Å². The fourth-order valence-electron chi connectivity index (χ4n) is 5.02. The first kappa shape index (κ1) is 32.5. The maximum atomic E-state index is 12.5. The lowest BCUT2D eigenvalue weighted by Gasteiger charge is -2.45. The van der Waals surface area contributed by atoms with Crippen LogP contribution in [0.15, 0.2) is 23.5 Å². The number of hydrogen-bond donors (Lipinski definition) is 0. The zero-order valence-electron chi connectivity index (χ0n) is 24.0. The van der Waals surface area contributed by atoms with E-state index in [0.717, 1.165) is 27.7 Å². The molecule has 0 N–H and O–H groups in total. The van der Waals surface area contributed by atoms with Gasteiger partial charge in [-0.15, -0.1) is 0 Å². The Kier molecular flexibility index (Phi) is 11.1. The number of allylic oxidation sites excluding steroid dienone is 1. The molecule has 1 unspecified atom stereocenters. The Balaban J connectivity index is 2.01. The van der Waals surface area contributed by atoms with E-state index in [9.17, 15) is 28.8 Å². The average Bonchev–Trinajstić information content (AvgIpc) is 3.33. The normalized spacial score (nSPS) is 29.9. The van der Waals surface area contributed by atoms with Gasteiger partial charge in [-0.3, -0.25) is 24.0 Å². The third kappa shape index (κ3) is 8.06. The van der Waals surface area contributed by atoms with Crippen LogP contribution in [0.4, 0.5) is 0 Å². The summed E-state index contributed by atoms with van der Waals surface area (Å²) in [7, 11) is 1.22. The van der Waals surface area contributed by atoms with E-state index >= 15 is 0 Å². The molecule has 42 heavy (non-hydrogen) atoms. The summed E-state index contributed by atoms with van der Waals surface area (Å²) in [6.45, 7) is 5.14. The minimum absolute atomic E-state index is 0.118. The number of fused-ring (bicyclic) bond motifs is 1. The molecule has 232 valence electrons. The number of ether oxygens (including phenoxy) is 9. The molecule has 15 nitrogen and oxygen atoms in total. The second kappa shape index (κ2) is 14.3. The molecule has 0 aromatic heterocycles. The summed E-state index contributed by atoms with van der Waals surface area (Å²) in [6.07, 6.45) is -4.93. The fourth-order valence-corrected chi connectivity index (χ4v) is 5.02. The van der Waals surface area contributed by atoms with Crippen LogP contribution in [0.2, 0.25) is 0 Å². The zero-order chi connectivity index (χ0) is 31.1. The predicted molar refractivity (Wildman–Crippen MR) is 134 cm³/mol. The third-order valence-corrected chi connectivity index (χ3v) is 6.60. The van der Waals surface area contributed by atoms with Gasteiger partial charge in [0, 0.05) is 40.5 Å². The van der Waals surface area contributed by atoms with E-state index in [2.05, 4.69) is 0 Å². The molecule has 15 heteroatoms. The summed E-state index contributed by atoms with van der Waals surface area (Å²) >= 11 is 0. The van der Waals surface area contributed by atoms with Crippen molar-refractivity contribution in [3.05, 3.63) is 23.5 Å². The van der Waals surface area contributed by atoms with Gasteiger partial charge in [-0.25, -0.2) is 4.79 Å². The van der Waals surface area contributed by atoms with Crippen LogP contribution in [0.1, 0.15) is 41.0 Å². The van der Waals surface area contributed by atoms with Crippen molar-refractivity contribution >= 4 is 35.8 Å². The molecule has 0 aromatic rings. The summed E-state index contributed by atoms with van der Waals surface area (Å²) in [6, 6.07) is 0. The van der Waals surface area contributed by atoms with Gasteiger partial charge in [-0.1, -0.05) is 6.08 Å². The van der Waals surface area contributed by atoms with Gasteiger partial charge < -0.3 is 42.6 Å². The van der Waals surface area contributed by atoms with Crippen LogP contribution in [0.5, 0.6) is 0 Å². The molecule has 0 saturated carbocycles. The number of methoxy groups -OCH3 is 1. The van der Waals surface area contributed by atoms with Gasteiger partial charge in [0.1, 0.15) is 19.3 Å². The third-order valence-electron chi connectivity index (χ3n) is 6.60. The van der Waals surface area contributed by atoms with E-state index in [1.54, 1.807) is 6.08 Å². The molecule has 2 heterocycles. The van der Waals surface area contributed by atoms with Crippen molar-refractivity contribution in [1.29, 1.82) is 0 Å². The summed E-state index contributed by atoms with van der Waals surface area (Å²) in [5.74, 6) is -5.39. The van der Waals surface area contributed by atoms with Crippen LogP contribution < -0.4 is 0 Å². The molecule has 0 bridgehead atoms. The van der Waals surface area contributed by atoms with Gasteiger partial charge in [-0.2, -0.15) is 0 Å². The van der Waals surface area contributed by atoms with Crippen molar-refractivity contribution in [2.24, 2.45) is 11.8 Å². The molecular weight excluding hydrogens is 564 g/mol. The van der Waals surface area contributed by atoms with E-state index in [1.165, 1.54) is 20.3 Å². The van der Waals surface area contributed by atoms with Crippen LogP contribution in [0.25, 0.3) is 0 Å². The zero-order valence-corrected chi connectivity index (χ0v) is 24.0. The second-order valence-corrected chi connectivity index (χ2v) is 9.70. The van der Waals surface area contributed by atoms with Crippen molar-refractivity contribution in [1.82, 2.24) is 0 Å². The Labute approximate surface area is 241 Å². The lowest BCUT2D eigenvalue weighted by Crippen LogP contribution is -2.63. The lowest BCUT2D eigenvalue weighted by molar-refractivity contribution is -0.342. The Morgan fingerprint density at radius 3 is 1.95 bits per heavy atom. The minimum atomic E-state index is -1.53. The van der Waals surface area contributed by atoms with E-state index in [-0.39, 0.29) is 12.2 Å². The molecule has 8 atom stereocenters. The first-order valence-corrected chi connectivity index (χ1v) is 13.0. The van der Waals surface area contributed by atoms with E-state index < -0.39 is 91.3 Å². The van der Waals surface area contributed by atoms with E-state index in [4.69, 9.17) is 42.6 Å². The second-order valence-electron chi connectivity index (χ2n) is 9.70. The maximum absolute atomic E-state index is 12.5. The highest BCUT2D eigenvalue weighted by Gasteiger charge is 2.55. The molecule has 0 radical (unpaired) electrons. The smallest absolute Gasteiger partial charge is 0.337 e. The van der Waals surface area contributed by atoms with E-state index in [1.807, 2.05) is 0 Å². The Morgan fingerprint density at radius 2 is 1.38 bits per heavy atom. The summed E-state index contributed by atoms with van der Waals surface area (Å²) < 4.78 is 49.4. The number of rotatable bonds is 10. The first-order chi connectivity index (χ1) is 19.8. The summed E-state index contributed by atoms with van der Waals surface area (Å²) in [5.41, 5.74) is 0.804. The highest BCUT2D eigenvalue weighted by atomic mass is 16.8. The Morgan fingerprint density at radius 1 is 0.786 bits per heavy atom. The first-order valence-electron chi connectivity index (χ1n) is 13.0. The van der Waals surface area contributed by atoms with Crippen LogP contribution in [0, 0.1) is 11.8 Å². The van der Waals surface area contributed by atoms with Crippen LogP contribution in [-0.2, 0) is 71.4 Å². The summed E-state index contributed by atoms with van der Waals surface area (Å²) in [4.78, 5) is 71.8. The van der Waals surface area contributed by atoms with Crippen LogP contribution >= 0.6 is 0 Å². The quantitative estimate of drug-likeness (QED) is 0.193. The van der Waals surface area contributed by atoms with Gasteiger partial charge in [0.2, 0.25) is 12.6 Å². The number of esters is 6. The molecular formula is C27H34O15. The van der Waals surface area contributed by atoms with Gasteiger partial charge >= 0.3 is 35.8 Å². The predicted octanol–water partition coefficient (Wildman–Crippen LogP) is 0.625. The summed E-state index contributed by atoms with van der Waals surface area (Å²) in [5, 5.41) is 0. The SMILES string of the molecule is COC(=O)C1=COC(O[C@@H]2O[C@H](COC(C)=O)[C@@H](OC(C)=O)[C@H](OC(C)=O)[C@H]2OC(C)=O)[C@@H]2C(COC(C)=O)=CC[C@H]12. The minimum Gasteiger partial charge on any atom is -0.471 e. The highest BCUT2D eigenvalue weighted by molar-refractivity contribution is 5.89. The monoisotopic (exact) mass is 598 g/mol. The highest BCUT2D eigenvalue weighted by Crippen LogP contribution is 2.45. The van der Waals surface area contributed by atoms with Crippen molar-refractivity contribution in [2.45, 2.75) is 78.0 Å². The Hall–Kier alpha value is -3.98. The average molecular weight is 599 g/mol. The van der Waals surface area contributed by atoms with Gasteiger partial charge in [0.15, 0.2) is 18.3 Å². The van der Waals surface area contributed by atoms with Crippen LogP contribution in [-0.4, -0.2) is 93.1 Å². The number of carbonyl (C=O) groups excluding carboxylic acids is 6. The van der Waals surface area contributed by atoms with Gasteiger partial charge in [0.25, 0.3) is 0 Å². The molecule has 1 aliphatic carbocycles. The largest absolute Gasteiger partial charge is 0.471 e. The number of carbonyl (C=O) groups is 6. The van der Waals surface area contributed by atoms with E-state index in [0.29, 0.717) is 12.0 Å². The lowest BCUT2D eigenvalue weighted by atomic mass is 9.83. The molecule has 0 spiro atoms. The van der Waals surface area contributed by atoms with Gasteiger partial charge in [0.05, 0.1) is 24.9 Å².